The van der Waals surface area contributed by atoms with Crippen molar-refractivity contribution in [3.8, 4) is 0 Å². The number of rotatable bonds is 7. The highest BCUT2D eigenvalue weighted by atomic mass is 16.4. The summed E-state index contributed by atoms with van der Waals surface area (Å²) in [4.78, 5) is 0. The molecule has 0 bridgehead atoms. The smallest absolute Gasteiger partial charge is 0.129 e. The largest absolute Gasteiger partial charge is 0.462 e. The Morgan fingerprint density at radius 3 is 2.25 bits per heavy atom. The molecule has 0 spiro atoms. The Balaban J connectivity index is 2.55. The zero-order valence-electron chi connectivity index (χ0n) is 9.44. The molecule has 4 N–H and O–H groups in total. The topological polar surface area (TPSA) is 85.9 Å². The first kappa shape index (κ1) is 13.2. The van der Waals surface area contributed by atoms with Crippen LogP contribution in [-0.4, -0.2) is 34.1 Å². The highest BCUT2D eigenvalue weighted by Crippen LogP contribution is 2.12. The molecule has 0 saturated carbocycles. The average Bonchev–Trinajstić information content (AvgIpc) is 2.80. The molecule has 16 heavy (non-hydrogen) atoms. The van der Waals surface area contributed by atoms with Gasteiger partial charge in [0.05, 0.1) is 25.3 Å². The maximum absolute atomic E-state index is 9.21. The van der Waals surface area contributed by atoms with Crippen LogP contribution in [-0.2, 0) is 13.2 Å². The minimum Gasteiger partial charge on any atom is -0.462 e. The Kier molecular flexibility index (Phi) is 4.95. The maximum Gasteiger partial charge on any atom is 0.129 e. The van der Waals surface area contributed by atoms with Crippen molar-refractivity contribution in [2.24, 2.45) is 0 Å². The summed E-state index contributed by atoms with van der Waals surface area (Å²) in [7, 11) is 0. The van der Waals surface area contributed by atoms with Crippen LogP contribution in [0, 0.1) is 0 Å². The fourth-order valence-corrected chi connectivity index (χ4v) is 1.39. The molecule has 0 atom stereocenters. The fraction of sp³-hybridized carbons (Fsp3) is 0.636. The average molecular weight is 229 g/mol. The van der Waals surface area contributed by atoms with E-state index in [4.69, 9.17) is 9.52 Å². The number of hydrogen-bond donors (Lipinski definition) is 4. The molecular weight excluding hydrogens is 210 g/mol. The second-order valence-electron chi connectivity index (χ2n) is 3.83. The van der Waals surface area contributed by atoms with E-state index in [1.165, 1.54) is 0 Å². The van der Waals surface area contributed by atoms with E-state index in [2.05, 4.69) is 5.32 Å². The lowest BCUT2D eigenvalue weighted by molar-refractivity contribution is 0.0845. The quantitative estimate of drug-likeness (QED) is 0.528. The van der Waals surface area contributed by atoms with Crippen molar-refractivity contribution < 1.29 is 19.7 Å². The standard InChI is InChI=1S/C11H19NO4/c1-2-11(7-14,8-15)12-5-9-3-4-10(6-13)16-9/h3-4,12-15H,2,5-8H2,1H3. The summed E-state index contributed by atoms with van der Waals surface area (Å²) in [6.45, 7) is 1.91. The van der Waals surface area contributed by atoms with E-state index in [0.29, 0.717) is 24.5 Å². The number of furan rings is 1. The number of hydrogen-bond acceptors (Lipinski definition) is 5. The second kappa shape index (κ2) is 6.00. The van der Waals surface area contributed by atoms with Crippen molar-refractivity contribution in [1.82, 2.24) is 5.32 Å². The van der Waals surface area contributed by atoms with Crippen LogP contribution < -0.4 is 5.32 Å². The molecule has 1 heterocycles. The molecule has 0 saturated heterocycles. The normalized spacial score (nSPS) is 12.0. The van der Waals surface area contributed by atoms with Crippen LogP contribution in [0.1, 0.15) is 24.9 Å². The Hall–Kier alpha value is -0.880. The zero-order valence-corrected chi connectivity index (χ0v) is 9.44. The van der Waals surface area contributed by atoms with Crippen molar-refractivity contribution in [3.63, 3.8) is 0 Å². The summed E-state index contributed by atoms with van der Waals surface area (Å²) in [5, 5.41) is 30.3. The van der Waals surface area contributed by atoms with Crippen molar-refractivity contribution in [1.29, 1.82) is 0 Å². The summed E-state index contributed by atoms with van der Waals surface area (Å²) in [5.41, 5.74) is -0.674. The molecule has 1 rings (SSSR count). The van der Waals surface area contributed by atoms with E-state index >= 15 is 0 Å². The van der Waals surface area contributed by atoms with Gasteiger partial charge in [-0.05, 0) is 18.6 Å². The van der Waals surface area contributed by atoms with Gasteiger partial charge in [0, 0.05) is 0 Å². The molecule has 1 aromatic heterocycles. The van der Waals surface area contributed by atoms with Gasteiger partial charge in [-0.25, -0.2) is 0 Å². The molecule has 1 aromatic rings. The Morgan fingerprint density at radius 2 is 1.81 bits per heavy atom. The first-order valence-corrected chi connectivity index (χ1v) is 5.35. The zero-order chi connectivity index (χ0) is 12.0. The molecule has 0 aromatic carbocycles. The monoisotopic (exact) mass is 229 g/mol. The Labute approximate surface area is 94.7 Å². The number of aliphatic hydroxyl groups is 3. The van der Waals surface area contributed by atoms with Gasteiger partial charge in [0.2, 0.25) is 0 Å². The van der Waals surface area contributed by atoms with Crippen LogP contribution in [0.3, 0.4) is 0 Å². The molecule has 0 unspecified atom stereocenters. The van der Waals surface area contributed by atoms with Gasteiger partial charge in [-0.3, -0.25) is 0 Å². The molecule has 0 fully saturated rings. The molecule has 0 aliphatic heterocycles. The number of nitrogens with one attached hydrogen (secondary N) is 1. The third-order valence-corrected chi connectivity index (χ3v) is 2.79. The van der Waals surface area contributed by atoms with Gasteiger partial charge in [-0.15, -0.1) is 0 Å². The molecule has 0 radical (unpaired) electrons. The van der Waals surface area contributed by atoms with E-state index in [9.17, 15) is 10.2 Å². The SMILES string of the molecule is CCC(CO)(CO)NCc1ccc(CO)o1. The van der Waals surface area contributed by atoms with E-state index in [1.54, 1.807) is 12.1 Å². The van der Waals surface area contributed by atoms with Gasteiger partial charge < -0.3 is 25.1 Å². The molecule has 0 aliphatic carbocycles. The number of aliphatic hydroxyl groups excluding tert-OH is 3. The van der Waals surface area contributed by atoms with E-state index in [0.717, 1.165) is 0 Å². The third kappa shape index (κ3) is 3.05. The minimum atomic E-state index is -0.674. The molecule has 92 valence electrons. The first-order chi connectivity index (χ1) is 7.69. The predicted molar refractivity (Wildman–Crippen MR) is 58.7 cm³/mol. The molecule has 0 aliphatic rings. The molecule has 0 amide bonds. The summed E-state index contributed by atoms with van der Waals surface area (Å²) >= 11 is 0. The van der Waals surface area contributed by atoms with Crippen LogP contribution in [0.25, 0.3) is 0 Å². The highest BCUT2D eigenvalue weighted by Gasteiger charge is 2.25. The van der Waals surface area contributed by atoms with Crippen LogP contribution >= 0.6 is 0 Å². The van der Waals surface area contributed by atoms with Crippen LogP contribution in [0.4, 0.5) is 0 Å². The van der Waals surface area contributed by atoms with Crippen molar-refractivity contribution in [2.75, 3.05) is 13.2 Å². The summed E-state index contributed by atoms with van der Waals surface area (Å²) in [6.07, 6.45) is 0.619. The van der Waals surface area contributed by atoms with E-state index in [1.807, 2.05) is 6.92 Å². The van der Waals surface area contributed by atoms with Gasteiger partial charge in [-0.2, -0.15) is 0 Å². The second-order valence-corrected chi connectivity index (χ2v) is 3.83. The Morgan fingerprint density at radius 1 is 1.19 bits per heavy atom. The Bertz CT molecular complexity index is 298. The van der Waals surface area contributed by atoms with Gasteiger partial charge >= 0.3 is 0 Å². The summed E-state index contributed by atoms with van der Waals surface area (Å²) in [5.74, 6) is 1.18. The lowest BCUT2D eigenvalue weighted by Gasteiger charge is -2.29. The van der Waals surface area contributed by atoms with Gasteiger partial charge in [-0.1, -0.05) is 6.92 Å². The highest BCUT2D eigenvalue weighted by molar-refractivity contribution is 5.06. The maximum atomic E-state index is 9.21. The summed E-state index contributed by atoms with van der Waals surface area (Å²) < 4.78 is 5.29. The van der Waals surface area contributed by atoms with Crippen LogP contribution in [0.15, 0.2) is 16.5 Å². The van der Waals surface area contributed by atoms with Crippen molar-refractivity contribution in [2.45, 2.75) is 32.0 Å². The van der Waals surface area contributed by atoms with Crippen molar-refractivity contribution in [3.05, 3.63) is 23.7 Å². The lowest BCUT2D eigenvalue weighted by Crippen LogP contribution is -2.50. The van der Waals surface area contributed by atoms with Crippen molar-refractivity contribution >= 4 is 0 Å². The summed E-state index contributed by atoms with van der Waals surface area (Å²) in [6, 6.07) is 3.45. The van der Waals surface area contributed by atoms with E-state index < -0.39 is 5.54 Å². The fourth-order valence-electron chi connectivity index (χ4n) is 1.39. The minimum absolute atomic E-state index is 0.126. The molecular formula is C11H19NO4. The van der Waals surface area contributed by atoms with Crippen LogP contribution in [0.5, 0.6) is 0 Å². The third-order valence-electron chi connectivity index (χ3n) is 2.79. The predicted octanol–water partition coefficient (Wildman–Crippen LogP) is -0.00510. The van der Waals surface area contributed by atoms with Gasteiger partial charge in [0.25, 0.3) is 0 Å². The van der Waals surface area contributed by atoms with Gasteiger partial charge in [0.1, 0.15) is 18.1 Å². The molecule has 5 nitrogen and oxygen atoms in total. The first-order valence-electron chi connectivity index (χ1n) is 5.35. The lowest BCUT2D eigenvalue weighted by atomic mass is 9.98. The van der Waals surface area contributed by atoms with E-state index in [-0.39, 0.29) is 19.8 Å². The van der Waals surface area contributed by atoms with Gasteiger partial charge in [0.15, 0.2) is 0 Å². The molecule has 5 heteroatoms. The van der Waals surface area contributed by atoms with Crippen LogP contribution in [0.2, 0.25) is 0 Å².